The first-order valence-corrected chi connectivity index (χ1v) is 5.51. The number of aliphatic hydroxyl groups is 1. The number of nitrogens with zero attached hydrogens (tertiary/aromatic N) is 3. The van der Waals surface area contributed by atoms with E-state index in [0.717, 1.165) is 16.8 Å². The summed E-state index contributed by atoms with van der Waals surface area (Å²) in [6.07, 6.45) is 7.33. The van der Waals surface area contributed by atoms with Gasteiger partial charge in [0.2, 0.25) is 0 Å². The molecule has 0 aliphatic rings. The van der Waals surface area contributed by atoms with Gasteiger partial charge in [-0.15, -0.1) is 0 Å². The van der Waals surface area contributed by atoms with Gasteiger partial charge in [0.05, 0.1) is 0 Å². The largest absolute Gasteiger partial charge is 0.506 e. The molecule has 0 aliphatic carbocycles. The maximum atomic E-state index is 9.23. The van der Waals surface area contributed by atoms with E-state index in [9.17, 15) is 5.11 Å². The molecule has 18 heavy (non-hydrogen) atoms. The minimum absolute atomic E-state index is 0.0229. The molecular formula is C14H11N3O. The van der Waals surface area contributed by atoms with Gasteiger partial charge in [-0.2, -0.15) is 0 Å². The SMILES string of the molecule is C=C(O)c1ccc(-c2ccn3ccnc3c2)cn1. The Morgan fingerprint density at radius 1 is 1.11 bits per heavy atom. The topological polar surface area (TPSA) is 50.4 Å². The smallest absolute Gasteiger partial charge is 0.137 e. The third kappa shape index (κ3) is 1.73. The molecule has 0 atom stereocenters. The molecule has 0 bridgehead atoms. The zero-order valence-corrected chi connectivity index (χ0v) is 9.61. The van der Waals surface area contributed by atoms with Gasteiger partial charge in [0.25, 0.3) is 0 Å². The number of aliphatic hydroxyl groups excluding tert-OH is 1. The number of fused-ring (bicyclic) bond motifs is 1. The summed E-state index contributed by atoms with van der Waals surface area (Å²) in [7, 11) is 0. The van der Waals surface area contributed by atoms with Crippen LogP contribution < -0.4 is 0 Å². The van der Waals surface area contributed by atoms with Crippen LogP contribution >= 0.6 is 0 Å². The Labute approximate surface area is 104 Å². The van der Waals surface area contributed by atoms with Gasteiger partial charge in [0.15, 0.2) is 0 Å². The van der Waals surface area contributed by atoms with Crippen LogP contribution in [-0.2, 0) is 0 Å². The lowest BCUT2D eigenvalue weighted by molar-refractivity contribution is 0.510. The van der Waals surface area contributed by atoms with Crippen molar-refractivity contribution in [1.29, 1.82) is 0 Å². The van der Waals surface area contributed by atoms with Crippen LogP contribution in [0.2, 0.25) is 0 Å². The first-order valence-electron chi connectivity index (χ1n) is 5.51. The minimum Gasteiger partial charge on any atom is -0.506 e. The van der Waals surface area contributed by atoms with Crippen LogP contribution in [0.1, 0.15) is 5.69 Å². The van der Waals surface area contributed by atoms with Crippen molar-refractivity contribution in [2.75, 3.05) is 0 Å². The molecule has 0 aliphatic heterocycles. The van der Waals surface area contributed by atoms with E-state index in [4.69, 9.17) is 0 Å². The Balaban J connectivity index is 2.05. The Bertz CT molecular complexity index is 713. The molecule has 0 fully saturated rings. The summed E-state index contributed by atoms with van der Waals surface area (Å²) in [6.45, 7) is 3.44. The van der Waals surface area contributed by atoms with Gasteiger partial charge in [-0.25, -0.2) is 4.98 Å². The molecular weight excluding hydrogens is 226 g/mol. The van der Waals surface area contributed by atoms with Crippen LogP contribution in [0.4, 0.5) is 0 Å². The normalized spacial score (nSPS) is 10.7. The number of pyridine rings is 2. The third-order valence-corrected chi connectivity index (χ3v) is 2.79. The highest BCUT2D eigenvalue weighted by atomic mass is 16.3. The van der Waals surface area contributed by atoms with Crippen LogP contribution in [0.5, 0.6) is 0 Å². The zero-order valence-electron chi connectivity index (χ0n) is 9.61. The second kappa shape index (κ2) is 4.00. The molecule has 3 aromatic heterocycles. The summed E-state index contributed by atoms with van der Waals surface area (Å²) >= 11 is 0. The van der Waals surface area contributed by atoms with Crippen molar-refractivity contribution in [2.45, 2.75) is 0 Å². The molecule has 3 rings (SSSR count). The van der Waals surface area contributed by atoms with Gasteiger partial charge in [-0.3, -0.25) is 4.98 Å². The fraction of sp³-hybridized carbons (Fsp3) is 0. The van der Waals surface area contributed by atoms with E-state index in [2.05, 4.69) is 16.5 Å². The van der Waals surface area contributed by atoms with Crippen LogP contribution in [0.15, 0.2) is 55.6 Å². The fourth-order valence-corrected chi connectivity index (χ4v) is 1.83. The highest BCUT2D eigenvalue weighted by molar-refractivity contribution is 5.67. The van der Waals surface area contributed by atoms with Crippen molar-refractivity contribution in [1.82, 2.24) is 14.4 Å². The average Bonchev–Trinajstić information content (AvgIpc) is 2.86. The van der Waals surface area contributed by atoms with E-state index >= 15 is 0 Å². The van der Waals surface area contributed by atoms with Gasteiger partial charge < -0.3 is 9.51 Å². The molecule has 0 saturated heterocycles. The van der Waals surface area contributed by atoms with Gasteiger partial charge >= 0.3 is 0 Å². The number of hydrogen-bond donors (Lipinski definition) is 1. The van der Waals surface area contributed by atoms with Crippen molar-refractivity contribution < 1.29 is 5.11 Å². The standard InChI is InChI=1S/C14H11N3O/c1-10(18)13-3-2-12(9-16-13)11-4-6-17-7-5-15-14(17)8-11/h2-9,18H,1H2. The summed E-state index contributed by atoms with van der Waals surface area (Å²) in [6, 6.07) is 7.63. The van der Waals surface area contributed by atoms with Crippen molar-refractivity contribution in [2.24, 2.45) is 0 Å². The van der Waals surface area contributed by atoms with Crippen LogP contribution in [0, 0.1) is 0 Å². The quantitative estimate of drug-likeness (QED) is 0.697. The first kappa shape index (κ1) is 10.5. The molecule has 0 saturated carbocycles. The van der Waals surface area contributed by atoms with E-state index < -0.39 is 0 Å². The van der Waals surface area contributed by atoms with Crippen LogP contribution in [0.3, 0.4) is 0 Å². The number of hydrogen-bond acceptors (Lipinski definition) is 3. The van der Waals surface area contributed by atoms with Gasteiger partial charge in [-0.1, -0.05) is 12.6 Å². The number of aromatic nitrogens is 3. The summed E-state index contributed by atoms with van der Waals surface area (Å²) in [5.74, 6) is -0.0229. The lowest BCUT2D eigenvalue weighted by Crippen LogP contribution is -1.89. The van der Waals surface area contributed by atoms with Gasteiger partial charge in [0.1, 0.15) is 17.1 Å². The Kier molecular flexibility index (Phi) is 2.34. The average molecular weight is 237 g/mol. The van der Waals surface area contributed by atoms with Gasteiger partial charge in [0, 0.05) is 30.4 Å². The summed E-state index contributed by atoms with van der Waals surface area (Å²) in [5, 5.41) is 9.23. The maximum Gasteiger partial charge on any atom is 0.137 e. The first-order chi connectivity index (χ1) is 8.74. The van der Waals surface area contributed by atoms with Crippen LogP contribution in [-0.4, -0.2) is 19.5 Å². The molecule has 3 aromatic rings. The monoisotopic (exact) mass is 237 g/mol. The van der Waals surface area contributed by atoms with Crippen molar-refractivity contribution in [3.05, 3.63) is 61.3 Å². The molecule has 0 aromatic carbocycles. The van der Waals surface area contributed by atoms with Gasteiger partial charge in [-0.05, 0) is 23.8 Å². The van der Waals surface area contributed by atoms with E-state index in [1.165, 1.54) is 0 Å². The molecule has 1 N–H and O–H groups in total. The summed E-state index contributed by atoms with van der Waals surface area (Å²) in [5.41, 5.74) is 3.39. The maximum absolute atomic E-state index is 9.23. The second-order valence-electron chi connectivity index (χ2n) is 3.99. The predicted molar refractivity (Wildman–Crippen MR) is 70.1 cm³/mol. The lowest BCUT2D eigenvalue weighted by atomic mass is 10.1. The van der Waals surface area contributed by atoms with Crippen molar-refractivity contribution >= 4 is 11.4 Å². The molecule has 4 heteroatoms. The van der Waals surface area contributed by atoms with E-state index in [-0.39, 0.29) is 5.76 Å². The molecule has 0 radical (unpaired) electrons. The Morgan fingerprint density at radius 3 is 2.72 bits per heavy atom. The molecule has 0 amide bonds. The molecule has 0 spiro atoms. The molecule has 3 heterocycles. The Hall–Kier alpha value is -2.62. The predicted octanol–water partition coefficient (Wildman–Crippen LogP) is 2.93. The van der Waals surface area contributed by atoms with E-state index in [1.54, 1.807) is 18.5 Å². The number of imidazole rings is 1. The lowest BCUT2D eigenvalue weighted by Gasteiger charge is -2.03. The van der Waals surface area contributed by atoms with Crippen molar-refractivity contribution in [3.63, 3.8) is 0 Å². The minimum atomic E-state index is -0.0229. The van der Waals surface area contributed by atoms with E-state index in [0.29, 0.717) is 5.69 Å². The highest BCUT2D eigenvalue weighted by Gasteiger charge is 2.02. The molecule has 4 nitrogen and oxygen atoms in total. The van der Waals surface area contributed by atoms with E-state index in [1.807, 2.05) is 35.0 Å². The van der Waals surface area contributed by atoms with Crippen molar-refractivity contribution in [3.8, 4) is 11.1 Å². The Morgan fingerprint density at radius 2 is 2.00 bits per heavy atom. The molecule has 88 valence electrons. The zero-order chi connectivity index (χ0) is 12.5. The van der Waals surface area contributed by atoms with Crippen LogP contribution in [0.25, 0.3) is 22.5 Å². The summed E-state index contributed by atoms with van der Waals surface area (Å²) in [4.78, 5) is 8.38. The summed E-state index contributed by atoms with van der Waals surface area (Å²) < 4.78 is 1.95. The third-order valence-electron chi connectivity index (χ3n) is 2.79. The number of rotatable bonds is 2. The highest BCUT2D eigenvalue weighted by Crippen LogP contribution is 2.20. The molecule has 0 unspecified atom stereocenters. The fourth-order valence-electron chi connectivity index (χ4n) is 1.83. The second-order valence-corrected chi connectivity index (χ2v) is 3.99.